The molecule has 244 valence electrons. The molecule has 0 amide bonds. The van der Waals surface area contributed by atoms with Gasteiger partial charge in [0.05, 0.1) is 36.9 Å². The van der Waals surface area contributed by atoms with Crippen LogP contribution in [0.25, 0.3) is 0 Å². The Kier molecular flexibility index (Phi) is 14.8. The number of hydrogen-bond donors (Lipinski definition) is 6. The molecule has 0 aromatic carbocycles. The molecule has 0 bridgehead atoms. The Hall–Kier alpha value is -2.27. The molecule has 9 nitrogen and oxygen atoms in total. The summed E-state index contributed by atoms with van der Waals surface area (Å²) in [6, 6.07) is 1.20. The van der Waals surface area contributed by atoms with Crippen LogP contribution in [-0.4, -0.2) is 68.3 Å². The minimum Gasteiger partial charge on any atom is -0.507 e. The molecule has 6 N–H and O–H groups in total. The van der Waals surface area contributed by atoms with Crippen LogP contribution in [0.3, 0.4) is 0 Å². The predicted molar refractivity (Wildman–Crippen MR) is 167 cm³/mol. The highest BCUT2D eigenvalue weighted by Crippen LogP contribution is 2.37. The van der Waals surface area contributed by atoms with E-state index in [-0.39, 0.29) is 30.3 Å². The molecule has 1 aromatic heterocycles. The van der Waals surface area contributed by atoms with Crippen LogP contribution in [0.4, 0.5) is 0 Å². The lowest BCUT2D eigenvalue weighted by Crippen LogP contribution is -2.46. The van der Waals surface area contributed by atoms with Crippen molar-refractivity contribution in [1.82, 2.24) is 0 Å². The van der Waals surface area contributed by atoms with E-state index >= 15 is 0 Å². The number of allylic oxidation sites excluding steroid dienone is 3. The summed E-state index contributed by atoms with van der Waals surface area (Å²) in [6.45, 7) is 11.3. The average molecular weight is 607 g/mol. The summed E-state index contributed by atoms with van der Waals surface area (Å²) in [5.74, 6) is -0.0686. The Morgan fingerprint density at radius 1 is 1.14 bits per heavy atom. The minimum atomic E-state index is -1.50. The van der Waals surface area contributed by atoms with Gasteiger partial charge in [0.15, 0.2) is 0 Å². The van der Waals surface area contributed by atoms with Gasteiger partial charge in [-0.3, -0.25) is 0 Å². The first-order valence-electron chi connectivity index (χ1n) is 15.6. The van der Waals surface area contributed by atoms with E-state index in [4.69, 9.17) is 9.15 Å². The van der Waals surface area contributed by atoms with E-state index in [0.717, 1.165) is 12.0 Å². The zero-order valence-electron chi connectivity index (χ0n) is 26.7. The first kappa shape index (κ1) is 36.9. The van der Waals surface area contributed by atoms with Crippen LogP contribution in [0.2, 0.25) is 0 Å². The second kappa shape index (κ2) is 17.3. The second-order valence-electron chi connectivity index (χ2n) is 12.8. The van der Waals surface area contributed by atoms with Crippen molar-refractivity contribution in [2.24, 2.45) is 11.8 Å². The summed E-state index contributed by atoms with van der Waals surface area (Å²) in [5, 5.41) is 61.7. The van der Waals surface area contributed by atoms with Crippen molar-refractivity contribution in [2.75, 3.05) is 13.2 Å². The van der Waals surface area contributed by atoms with Crippen molar-refractivity contribution in [3.05, 3.63) is 63.3 Å². The van der Waals surface area contributed by atoms with Crippen LogP contribution in [0.1, 0.15) is 104 Å². The van der Waals surface area contributed by atoms with Gasteiger partial charge in [-0.25, -0.2) is 4.79 Å². The van der Waals surface area contributed by atoms with E-state index in [0.29, 0.717) is 5.92 Å². The fraction of sp³-hybridized carbons (Fsp3) is 0.676. The molecule has 43 heavy (non-hydrogen) atoms. The zero-order chi connectivity index (χ0) is 32.3. The molecule has 1 fully saturated rings. The van der Waals surface area contributed by atoms with Gasteiger partial charge in [-0.15, -0.1) is 0 Å². The summed E-state index contributed by atoms with van der Waals surface area (Å²) in [7, 11) is 0. The Bertz CT molecular complexity index is 1150. The maximum Gasteiger partial charge on any atom is 0.345 e. The van der Waals surface area contributed by atoms with E-state index in [1.807, 2.05) is 13.0 Å². The molecule has 0 aliphatic carbocycles. The molecular formula is C34H54O9. The third-order valence-corrected chi connectivity index (χ3v) is 8.33. The Labute approximate surface area is 256 Å². The van der Waals surface area contributed by atoms with E-state index in [2.05, 4.69) is 26.8 Å². The maximum atomic E-state index is 12.9. The molecular weight excluding hydrogens is 552 g/mol. The van der Waals surface area contributed by atoms with E-state index in [1.165, 1.54) is 43.7 Å². The Morgan fingerprint density at radius 2 is 1.84 bits per heavy atom. The van der Waals surface area contributed by atoms with Crippen LogP contribution in [-0.2, 0) is 10.2 Å². The highest BCUT2D eigenvalue weighted by atomic mass is 16.5. The van der Waals surface area contributed by atoms with Crippen molar-refractivity contribution in [3.8, 4) is 5.75 Å². The van der Waals surface area contributed by atoms with E-state index < -0.39 is 53.9 Å². The monoisotopic (exact) mass is 606 g/mol. The molecule has 0 unspecified atom stereocenters. The number of aliphatic hydroxyl groups excluding tert-OH is 5. The maximum absolute atomic E-state index is 12.9. The molecule has 1 aliphatic heterocycles. The number of unbranched alkanes of at least 4 members (excludes halogenated alkanes) is 3. The molecule has 1 aromatic rings. The molecule has 1 aliphatic rings. The SMILES string of the molecule is CCCCCC[C@H](C)CC(C)=C[C@H](C=C(C)C=C[C@H](O)C(C)(C)c1cc(O)c([C@@H]2O[C@@H](CO)C[C@@H](O)[C@@H]2O)c(=O)o1)CO. The standard InChI is InChI=1S/C34H54O9/c1-7-8-9-10-11-21(2)14-23(4)16-24(19-35)15-22(3)12-13-28(39)34(5,6)29-18-26(37)30(33(41)43-29)32-31(40)27(38)17-25(20-36)42-32/h12-13,15-16,18,21,24-25,27-28,31-32,35-40H,7-11,14,17,19-20H2,1-6H3/t21-,24-,25+,27+,28-,31-,32-/m0/s1. The molecule has 2 rings (SSSR count). The van der Waals surface area contributed by atoms with Crippen LogP contribution in [0.5, 0.6) is 5.75 Å². The Balaban J connectivity index is 2.14. The van der Waals surface area contributed by atoms with Gasteiger partial charge in [0.2, 0.25) is 0 Å². The first-order valence-corrected chi connectivity index (χ1v) is 15.6. The summed E-state index contributed by atoms with van der Waals surface area (Å²) in [4.78, 5) is 12.9. The topological polar surface area (TPSA) is 161 Å². The number of hydrogen-bond acceptors (Lipinski definition) is 9. The van der Waals surface area contributed by atoms with Crippen LogP contribution < -0.4 is 5.63 Å². The number of ether oxygens (including phenoxy) is 1. The third kappa shape index (κ3) is 10.7. The van der Waals surface area contributed by atoms with Crippen molar-refractivity contribution in [3.63, 3.8) is 0 Å². The Morgan fingerprint density at radius 3 is 2.44 bits per heavy atom. The first-order chi connectivity index (χ1) is 20.2. The van der Waals surface area contributed by atoms with Crippen molar-refractivity contribution in [2.45, 2.75) is 122 Å². The summed E-state index contributed by atoms with van der Waals surface area (Å²) in [5.41, 5.74) is -0.399. The van der Waals surface area contributed by atoms with Gasteiger partial charge >= 0.3 is 5.63 Å². The number of aromatic hydroxyl groups is 1. The largest absolute Gasteiger partial charge is 0.507 e. The molecule has 0 radical (unpaired) electrons. The molecule has 1 saturated heterocycles. The molecule has 2 heterocycles. The smallest absolute Gasteiger partial charge is 0.345 e. The normalized spacial score (nSPS) is 24.3. The fourth-order valence-corrected chi connectivity index (χ4v) is 5.56. The average Bonchev–Trinajstić information content (AvgIpc) is 2.95. The second-order valence-corrected chi connectivity index (χ2v) is 12.8. The quantitative estimate of drug-likeness (QED) is 0.0899. The predicted octanol–water partition coefficient (Wildman–Crippen LogP) is 4.58. The number of aliphatic hydroxyl groups is 5. The molecule has 9 heteroatoms. The summed E-state index contributed by atoms with van der Waals surface area (Å²) < 4.78 is 11.0. The van der Waals surface area contributed by atoms with Gasteiger partial charge in [-0.05, 0) is 40.0 Å². The van der Waals surface area contributed by atoms with Gasteiger partial charge < -0.3 is 39.8 Å². The van der Waals surface area contributed by atoms with Crippen LogP contribution in [0.15, 0.2) is 50.7 Å². The van der Waals surface area contributed by atoms with Crippen LogP contribution >= 0.6 is 0 Å². The van der Waals surface area contributed by atoms with Gasteiger partial charge in [-0.1, -0.05) is 81.4 Å². The molecule has 0 saturated carbocycles. The lowest BCUT2D eigenvalue weighted by Gasteiger charge is -2.36. The van der Waals surface area contributed by atoms with Crippen molar-refractivity contribution in [1.29, 1.82) is 0 Å². The third-order valence-electron chi connectivity index (χ3n) is 8.33. The zero-order valence-corrected chi connectivity index (χ0v) is 26.7. The van der Waals surface area contributed by atoms with Gasteiger partial charge in [0.1, 0.15) is 29.3 Å². The van der Waals surface area contributed by atoms with Gasteiger partial charge in [0, 0.05) is 18.4 Å². The number of rotatable bonds is 16. The minimum absolute atomic E-state index is 0.0118. The summed E-state index contributed by atoms with van der Waals surface area (Å²) in [6.07, 6.45) is 8.44. The van der Waals surface area contributed by atoms with Gasteiger partial charge in [0.25, 0.3) is 0 Å². The highest BCUT2D eigenvalue weighted by molar-refractivity contribution is 5.36. The van der Waals surface area contributed by atoms with E-state index in [9.17, 15) is 35.4 Å². The van der Waals surface area contributed by atoms with Crippen molar-refractivity contribution >= 4 is 0 Å². The lowest BCUT2D eigenvalue weighted by atomic mass is 9.82. The lowest BCUT2D eigenvalue weighted by molar-refractivity contribution is -0.180. The molecule has 7 atom stereocenters. The highest BCUT2D eigenvalue weighted by Gasteiger charge is 2.41. The van der Waals surface area contributed by atoms with E-state index in [1.54, 1.807) is 26.0 Å². The summed E-state index contributed by atoms with van der Waals surface area (Å²) >= 11 is 0. The van der Waals surface area contributed by atoms with Crippen LogP contribution in [0, 0.1) is 11.8 Å². The molecule has 0 spiro atoms. The van der Waals surface area contributed by atoms with Crippen molar-refractivity contribution < 1.29 is 39.8 Å². The fourth-order valence-electron chi connectivity index (χ4n) is 5.56. The van der Waals surface area contributed by atoms with Gasteiger partial charge in [-0.2, -0.15) is 0 Å².